The zero-order valence-electron chi connectivity index (χ0n) is 10.8. The first kappa shape index (κ1) is 12.4. The van der Waals surface area contributed by atoms with E-state index in [1.165, 1.54) is 24.5 Å². The molecule has 3 rings (SSSR count). The first-order valence-electron chi connectivity index (χ1n) is 6.82. The molecule has 3 nitrogen and oxygen atoms in total. The Balaban J connectivity index is 1.74. The van der Waals surface area contributed by atoms with Crippen molar-refractivity contribution in [1.82, 2.24) is 15.1 Å². The Kier molecular flexibility index (Phi) is 3.60. The lowest BCUT2D eigenvalue weighted by Crippen LogP contribution is -2.28. The molecule has 0 bridgehead atoms. The van der Waals surface area contributed by atoms with Crippen molar-refractivity contribution in [3.8, 4) is 5.69 Å². The zero-order valence-corrected chi connectivity index (χ0v) is 10.8. The van der Waals surface area contributed by atoms with Gasteiger partial charge in [-0.2, -0.15) is 5.10 Å². The standard InChI is InChI=1S/C15H18FN3/c16-14-3-1-2-4-15(14)19-11-13(10-18-19)9-12-5-7-17-8-6-12/h1-4,10-12,17H,5-9H2. The number of para-hydroxylation sites is 1. The van der Waals surface area contributed by atoms with Gasteiger partial charge in [0, 0.05) is 6.20 Å². The van der Waals surface area contributed by atoms with Crippen LogP contribution < -0.4 is 5.32 Å². The van der Waals surface area contributed by atoms with E-state index in [-0.39, 0.29) is 5.82 Å². The first-order chi connectivity index (χ1) is 9.33. The number of hydrogen-bond acceptors (Lipinski definition) is 2. The van der Waals surface area contributed by atoms with E-state index in [1.54, 1.807) is 16.8 Å². The van der Waals surface area contributed by atoms with Gasteiger partial charge in [-0.3, -0.25) is 0 Å². The Hall–Kier alpha value is -1.68. The van der Waals surface area contributed by atoms with Crippen molar-refractivity contribution in [2.75, 3.05) is 13.1 Å². The van der Waals surface area contributed by atoms with Gasteiger partial charge in [0.25, 0.3) is 0 Å². The van der Waals surface area contributed by atoms with Crippen LogP contribution in [-0.2, 0) is 6.42 Å². The second-order valence-corrected chi connectivity index (χ2v) is 5.14. The third-order valence-electron chi connectivity index (χ3n) is 3.72. The highest BCUT2D eigenvalue weighted by molar-refractivity contribution is 5.33. The van der Waals surface area contributed by atoms with Gasteiger partial charge in [0.15, 0.2) is 0 Å². The van der Waals surface area contributed by atoms with Crippen LogP contribution in [0.3, 0.4) is 0 Å². The van der Waals surface area contributed by atoms with Crippen molar-refractivity contribution in [2.45, 2.75) is 19.3 Å². The van der Waals surface area contributed by atoms with Gasteiger partial charge in [-0.1, -0.05) is 12.1 Å². The Morgan fingerprint density at radius 2 is 2.05 bits per heavy atom. The summed E-state index contributed by atoms with van der Waals surface area (Å²) in [6, 6.07) is 6.73. The van der Waals surface area contributed by atoms with Gasteiger partial charge in [-0.05, 0) is 56.0 Å². The van der Waals surface area contributed by atoms with Crippen LogP contribution in [0.15, 0.2) is 36.7 Å². The minimum atomic E-state index is -0.237. The fraction of sp³-hybridized carbons (Fsp3) is 0.400. The average molecular weight is 259 g/mol. The average Bonchev–Trinajstić information content (AvgIpc) is 2.89. The summed E-state index contributed by atoms with van der Waals surface area (Å²) in [7, 11) is 0. The number of piperidine rings is 1. The van der Waals surface area contributed by atoms with Gasteiger partial charge in [0.2, 0.25) is 0 Å². The van der Waals surface area contributed by atoms with Gasteiger partial charge in [0.05, 0.1) is 6.20 Å². The second kappa shape index (κ2) is 5.53. The predicted octanol–water partition coefficient (Wildman–Crippen LogP) is 2.55. The monoisotopic (exact) mass is 259 g/mol. The molecular weight excluding hydrogens is 241 g/mol. The molecule has 1 aromatic carbocycles. The predicted molar refractivity (Wildman–Crippen MR) is 72.8 cm³/mol. The Morgan fingerprint density at radius 3 is 2.84 bits per heavy atom. The van der Waals surface area contributed by atoms with Crippen LogP contribution in [0.25, 0.3) is 5.69 Å². The van der Waals surface area contributed by atoms with Gasteiger partial charge >= 0.3 is 0 Å². The molecule has 19 heavy (non-hydrogen) atoms. The molecule has 1 N–H and O–H groups in total. The van der Waals surface area contributed by atoms with Gasteiger partial charge in [0.1, 0.15) is 11.5 Å². The van der Waals surface area contributed by atoms with E-state index in [2.05, 4.69) is 10.4 Å². The third-order valence-corrected chi connectivity index (χ3v) is 3.72. The summed E-state index contributed by atoms with van der Waals surface area (Å²) in [5.41, 5.74) is 1.70. The van der Waals surface area contributed by atoms with Crippen LogP contribution in [0.4, 0.5) is 4.39 Å². The van der Waals surface area contributed by atoms with Crippen LogP contribution in [-0.4, -0.2) is 22.9 Å². The van der Waals surface area contributed by atoms with Crippen molar-refractivity contribution < 1.29 is 4.39 Å². The summed E-state index contributed by atoms with van der Waals surface area (Å²) in [5.74, 6) is 0.485. The molecule has 0 amide bonds. The Bertz CT molecular complexity index is 544. The quantitative estimate of drug-likeness (QED) is 0.918. The summed E-state index contributed by atoms with van der Waals surface area (Å²) < 4.78 is 15.3. The van der Waals surface area contributed by atoms with Crippen molar-refractivity contribution in [3.63, 3.8) is 0 Å². The van der Waals surface area contributed by atoms with Gasteiger partial charge in [-0.15, -0.1) is 0 Å². The molecule has 100 valence electrons. The number of aromatic nitrogens is 2. The lowest BCUT2D eigenvalue weighted by Gasteiger charge is -2.21. The number of hydrogen-bond donors (Lipinski definition) is 1. The minimum Gasteiger partial charge on any atom is -0.317 e. The molecule has 1 fully saturated rings. The molecule has 0 aliphatic carbocycles. The molecule has 2 aromatic rings. The molecule has 2 heterocycles. The molecule has 0 spiro atoms. The molecular formula is C15H18FN3. The lowest BCUT2D eigenvalue weighted by atomic mass is 9.92. The topological polar surface area (TPSA) is 29.9 Å². The molecule has 1 aliphatic heterocycles. The highest BCUT2D eigenvalue weighted by Gasteiger charge is 2.15. The summed E-state index contributed by atoms with van der Waals surface area (Å²) in [6.07, 6.45) is 7.26. The minimum absolute atomic E-state index is 0.237. The van der Waals surface area contributed by atoms with Gasteiger partial charge < -0.3 is 5.32 Å². The molecule has 1 saturated heterocycles. The summed E-state index contributed by atoms with van der Waals surface area (Å²) in [6.45, 7) is 2.21. The second-order valence-electron chi connectivity index (χ2n) is 5.14. The maximum atomic E-state index is 13.7. The van der Waals surface area contributed by atoms with Crippen molar-refractivity contribution >= 4 is 0 Å². The summed E-state index contributed by atoms with van der Waals surface area (Å²) >= 11 is 0. The van der Waals surface area contributed by atoms with E-state index < -0.39 is 0 Å². The van der Waals surface area contributed by atoms with E-state index in [9.17, 15) is 4.39 Å². The molecule has 1 aliphatic rings. The molecule has 4 heteroatoms. The van der Waals surface area contributed by atoms with Crippen molar-refractivity contribution in [2.24, 2.45) is 5.92 Å². The summed E-state index contributed by atoms with van der Waals surface area (Å²) in [5, 5.41) is 7.64. The van der Waals surface area contributed by atoms with Crippen molar-refractivity contribution in [3.05, 3.63) is 48.0 Å². The van der Waals surface area contributed by atoms with E-state index in [0.29, 0.717) is 5.69 Å². The van der Waals surface area contributed by atoms with Crippen LogP contribution in [0.5, 0.6) is 0 Å². The highest BCUT2D eigenvalue weighted by Crippen LogP contribution is 2.19. The maximum absolute atomic E-state index is 13.7. The van der Waals surface area contributed by atoms with Crippen molar-refractivity contribution in [1.29, 1.82) is 0 Å². The van der Waals surface area contributed by atoms with E-state index >= 15 is 0 Å². The fourth-order valence-corrected chi connectivity index (χ4v) is 2.65. The van der Waals surface area contributed by atoms with Crippen LogP contribution in [0.1, 0.15) is 18.4 Å². The highest BCUT2D eigenvalue weighted by atomic mass is 19.1. The van der Waals surface area contributed by atoms with E-state index in [0.717, 1.165) is 25.4 Å². The maximum Gasteiger partial charge on any atom is 0.148 e. The molecule has 1 aromatic heterocycles. The zero-order chi connectivity index (χ0) is 13.1. The number of rotatable bonds is 3. The number of halogens is 1. The largest absolute Gasteiger partial charge is 0.317 e. The number of nitrogens with zero attached hydrogens (tertiary/aromatic N) is 2. The first-order valence-corrected chi connectivity index (χ1v) is 6.82. The molecule has 0 atom stereocenters. The van der Waals surface area contributed by atoms with Crippen LogP contribution in [0, 0.1) is 11.7 Å². The SMILES string of the molecule is Fc1ccccc1-n1cc(CC2CCNCC2)cn1. The van der Waals surface area contributed by atoms with E-state index in [4.69, 9.17) is 0 Å². The van der Waals surface area contributed by atoms with E-state index in [1.807, 2.05) is 18.5 Å². The molecule has 0 saturated carbocycles. The smallest absolute Gasteiger partial charge is 0.148 e. The van der Waals surface area contributed by atoms with Gasteiger partial charge in [-0.25, -0.2) is 9.07 Å². The van der Waals surface area contributed by atoms with Crippen LogP contribution >= 0.6 is 0 Å². The lowest BCUT2D eigenvalue weighted by molar-refractivity contribution is 0.372. The number of nitrogens with one attached hydrogen (secondary N) is 1. The number of benzene rings is 1. The van der Waals surface area contributed by atoms with Crippen LogP contribution in [0.2, 0.25) is 0 Å². The molecule has 0 radical (unpaired) electrons. The third kappa shape index (κ3) is 2.84. The molecule has 0 unspecified atom stereocenters. The summed E-state index contributed by atoms with van der Waals surface area (Å²) in [4.78, 5) is 0. The Morgan fingerprint density at radius 1 is 1.26 bits per heavy atom. The normalized spacial score (nSPS) is 16.7. The Labute approximate surface area is 112 Å². The fourth-order valence-electron chi connectivity index (χ4n) is 2.65.